The second-order valence-corrected chi connectivity index (χ2v) is 7.97. The summed E-state index contributed by atoms with van der Waals surface area (Å²) >= 11 is 0. The van der Waals surface area contributed by atoms with E-state index >= 15 is 0 Å². The van der Waals surface area contributed by atoms with E-state index in [0.717, 1.165) is 6.42 Å². The Morgan fingerprint density at radius 2 is 1.23 bits per heavy atom. The fourth-order valence-electron chi connectivity index (χ4n) is 4.78. The molecule has 0 saturated heterocycles. The maximum atomic E-state index is 7.00. The number of para-hydroxylation sites is 2. The number of fused-ring (bicyclic) bond motifs is 6. The summed E-state index contributed by atoms with van der Waals surface area (Å²) in [6.07, 6.45) is 0.922. The summed E-state index contributed by atoms with van der Waals surface area (Å²) in [5, 5.41) is 0. The highest BCUT2D eigenvalue weighted by Crippen LogP contribution is 2.56. The molecule has 0 amide bonds. The lowest BCUT2D eigenvalue weighted by Crippen LogP contribution is -2.49. The van der Waals surface area contributed by atoms with Crippen molar-refractivity contribution in [2.75, 3.05) is 11.9 Å². The van der Waals surface area contributed by atoms with Crippen LogP contribution in [-0.4, -0.2) is 12.6 Å². The molecule has 2 nitrogen and oxygen atoms in total. The van der Waals surface area contributed by atoms with Gasteiger partial charge in [-0.25, -0.2) is 0 Å². The first-order chi connectivity index (χ1) is 12.5. The van der Waals surface area contributed by atoms with Crippen LogP contribution in [0.25, 0.3) is 0 Å². The highest BCUT2D eigenvalue weighted by Gasteiger charge is 2.51. The molecule has 0 bridgehead atoms. The summed E-state index contributed by atoms with van der Waals surface area (Å²) in [4.78, 5) is 2.28. The normalized spacial score (nSPS) is 18.8. The van der Waals surface area contributed by atoms with Gasteiger partial charge in [0.05, 0.1) is 5.60 Å². The number of anilines is 2. The fourth-order valence-corrected chi connectivity index (χ4v) is 4.78. The van der Waals surface area contributed by atoms with Gasteiger partial charge in [-0.3, -0.25) is 0 Å². The largest absolute Gasteiger partial charge is 0.354 e. The summed E-state index contributed by atoms with van der Waals surface area (Å²) in [7, 11) is 2.14. The molecule has 2 heteroatoms. The molecular formula is C24H23NO. The van der Waals surface area contributed by atoms with E-state index in [0.29, 0.717) is 0 Å². The van der Waals surface area contributed by atoms with Crippen molar-refractivity contribution in [2.24, 2.45) is 0 Å². The average molecular weight is 341 g/mol. The molecular weight excluding hydrogens is 318 g/mol. The van der Waals surface area contributed by atoms with Crippen molar-refractivity contribution in [3.63, 3.8) is 0 Å². The second-order valence-electron chi connectivity index (χ2n) is 7.97. The third kappa shape index (κ3) is 1.96. The van der Waals surface area contributed by atoms with E-state index in [1.807, 2.05) is 0 Å². The van der Waals surface area contributed by atoms with Gasteiger partial charge in [-0.2, -0.15) is 0 Å². The molecule has 2 heterocycles. The van der Waals surface area contributed by atoms with Crippen molar-refractivity contribution < 1.29 is 4.74 Å². The van der Waals surface area contributed by atoms with Gasteiger partial charge < -0.3 is 9.64 Å². The molecule has 0 N–H and O–H groups in total. The Morgan fingerprint density at radius 3 is 1.85 bits per heavy atom. The third-order valence-corrected chi connectivity index (χ3v) is 5.73. The van der Waals surface area contributed by atoms with Crippen molar-refractivity contribution in [2.45, 2.75) is 31.5 Å². The Hall–Kier alpha value is -2.58. The Morgan fingerprint density at radius 1 is 0.731 bits per heavy atom. The van der Waals surface area contributed by atoms with E-state index in [2.05, 4.69) is 98.6 Å². The third-order valence-electron chi connectivity index (χ3n) is 5.73. The minimum atomic E-state index is -0.571. The Balaban J connectivity index is 1.94. The standard InChI is InChI=1S/C24H23NO/c1-23(2)16-17-10-4-5-11-18(17)24(26-23)19-12-6-8-14-21(19)25(3)22-15-9-7-13-20(22)24/h4-15H,16H2,1-3H3. The van der Waals surface area contributed by atoms with Gasteiger partial charge in [0, 0.05) is 36.0 Å². The smallest absolute Gasteiger partial charge is 0.148 e. The quantitative estimate of drug-likeness (QED) is 0.542. The van der Waals surface area contributed by atoms with Crippen LogP contribution >= 0.6 is 0 Å². The average Bonchev–Trinajstić information content (AvgIpc) is 2.65. The van der Waals surface area contributed by atoms with Crippen molar-refractivity contribution in [3.05, 3.63) is 95.1 Å². The molecule has 0 atom stereocenters. The molecule has 5 rings (SSSR count). The minimum Gasteiger partial charge on any atom is -0.354 e. The molecule has 0 saturated carbocycles. The Kier molecular flexibility index (Phi) is 3.14. The number of hydrogen-bond acceptors (Lipinski definition) is 2. The first-order valence-electron chi connectivity index (χ1n) is 9.24. The Labute approximate surface area is 155 Å². The molecule has 0 fully saturated rings. The first kappa shape index (κ1) is 15.7. The second kappa shape index (κ2) is 5.21. The van der Waals surface area contributed by atoms with E-state index in [4.69, 9.17) is 4.74 Å². The molecule has 0 aliphatic carbocycles. The van der Waals surface area contributed by atoms with Gasteiger partial charge in [0.15, 0.2) is 0 Å². The molecule has 1 spiro atoms. The molecule has 2 aliphatic rings. The SMILES string of the molecule is CN1c2ccccc2C2(OC(C)(C)Cc3ccccc32)c2ccccc21. The maximum absolute atomic E-state index is 7.00. The van der Waals surface area contributed by atoms with Gasteiger partial charge in [-0.05, 0) is 37.1 Å². The van der Waals surface area contributed by atoms with Crippen LogP contribution in [-0.2, 0) is 16.8 Å². The number of nitrogens with zero attached hydrogens (tertiary/aromatic N) is 1. The minimum absolute atomic E-state index is 0.246. The van der Waals surface area contributed by atoms with Crippen LogP contribution in [0.2, 0.25) is 0 Å². The molecule has 2 aliphatic heterocycles. The van der Waals surface area contributed by atoms with Crippen LogP contribution in [0.4, 0.5) is 11.4 Å². The number of benzene rings is 3. The van der Waals surface area contributed by atoms with Gasteiger partial charge in [-0.15, -0.1) is 0 Å². The van der Waals surface area contributed by atoms with Crippen LogP contribution in [0, 0.1) is 0 Å². The predicted molar refractivity (Wildman–Crippen MR) is 106 cm³/mol. The summed E-state index contributed by atoms with van der Waals surface area (Å²) in [5.74, 6) is 0. The molecule has 0 radical (unpaired) electrons. The fraction of sp³-hybridized carbons (Fsp3) is 0.250. The van der Waals surface area contributed by atoms with E-state index in [-0.39, 0.29) is 5.60 Å². The van der Waals surface area contributed by atoms with Crippen LogP contribution in [0.5, 0.6) is 0 Å². The van der Waals surface area contributed by atoms with E-state index in [9.17, 15) is 0 Å². The molecule has 3 aromatic carbocycles. The van der Waals surface area contributed by atoms with Gasteiger partial charge in [0.1, 0.15) is 5.60 Å². The topological polar surface area (TPSA) is 12.5 Å². The number of ether oxygens (including phenoxy) is 1. The number of hydrogen-bond donors (Lipinski definition) is 0. The zero-order valence-corrected chi connectivity index (χ0v) is 15.5. The van der Waals surface area contributed by atoms with Crippen LogP contribution in [0.3, 0.4) is 0 Å². The lowest BCUT2D eigenvalue weighted by atomic mass is 9.70. The van der Waals surface area contributed by atoms with Crippen LogP contribution < -0.4 is 4.90 Å². The van der Waals surface area contributed by atoms with Crippen molar-refractivity contribution in [1.29, 1.82) is 0 Å². The lowest BCUT2D eigenvalue weighted by molar-refractivity contribution is -0.114. The van der Waals surface area contributed by atoms with Crippen molar-refractivity contribution in [3.8, 4) is 0 Å². The summed E-state index contributed by atoms with van der Waals surface area (Å²) < 4.78 is 7.00. The predicted octanol–water partition coefficient (Wildman–Crippen LogP) is 5.41. The molecule has 0 aromatic heterocycles. The van der Waals surface area contributed by atoms with Gasteiger partial charge in [0.25, 0.3) is 0 Å². The van der Waals surface area contributed by atoms with Gasteiger partial charge in [-0.1, -0.05) is 60.7 Å². The zero-order valence-electron chi connectivity index (χ0n) is 15.5. The lowest BCUT2D eigenvalue weighted by Gasteiger charge is -2.51. The van der Waals surface area contributed by atoms with Crippen LogP contribution in [0.15, 0.2) is 72.8 Å². The van der Waals surface area contributed by atoms with Crippen molar-refractivity contribution in [1.82, 2.24) is 0 Å². The highest BCUT2D eigenvalue weighted by molar-refractivity contribution is 5.79. The van der Waals surface area contributed by atoms with Crippen molar-refractivity contribution >= 4 is 11.4 Å². The monoisotopic (exact) mass is 341 g/mol. The van der Waals surface area contributed by atoms with E-state index < -0.39 is 5.60 Å². The van der Waals surface area contributed by atoms with Gasteiger partial charge in [0.2, 0.25) is 0 Å². The summed E-state index contributed by atoms with van der Waals surface area (Å²) in [6, 6.07) is 26.1. The molecule has 130 valence electrons. The maximum Gasteiger partial charge on any atom is 0.148 e. The Bertz CT molecular complexity index is 957. The van der Waals surface area contributed by atoms with Crippen LogP contribution in [0.1, 0.15) is 36.1 Å². The molecule has 0 unspecified atom stereocenters. The van der Waals surface area contributed by atoms with Gasteiger partial charge >= 0.3 is 0 Å². The summed E-state index contributed by atoms with van der Waals surface area (Å²) in [5.41, 5.74) is 6.69. The molecule has 26 heavy (non-hydrogen) atoms. The zero-order chi connectivity index (χ0) is 17.9. The molecule has 3 aromatic rings. The number of rotatable bonds is 0. The highest BCUT2D eigenvalue weighted by atomic mass is 16.5. The van der Waals surface area contributed by atoms with E-state index in [1.54, 1.807) is 0 Å². The summed E-state index contributed by atoms with van der Waals surface area (Å²) in [6.45, 7) is 4.41. The first-order valence-corrected chi connectivity index (χ1v) is 9.24. The van der Waals surface area contributed by atoms with E-state index in [1.165, 1.54) is 33.6 Å².